The molecule has 1 aliphatic carbocycles. The number of amides is 2. The summed E-state index contributed by atoms with van der Waals surface area (Å²) in [6.45, 7) is 5.43. The number of carbonyl (C=O) groups is 2. The predicted molar refractivity (Wildman–Crippen MR) is 87.4 cm³/mol. The molecule has 1 saturated carbocycles. The third-order valence-electron chi connectivity index (χ3n) is 5.06. The quantitative estimate of drug-likeness (QED) is 0.837. The number of hydrogen-bond acceptors (Lipinski definition) is 3. The Bertz CT molecular complexity index is 372. The largest absolute Gasteiger partial charge is 0.339 e. The standard InChI is InChI=1S/C17H31N3O2/c1-14(13-18-2)17(22)20-10-8-19(9-11-20)16(21)12-15-6-4-3-5-7-15/h14-15,18H,3-13H2,1-2H3. The van der Waals surface area contributed by atoms with Gasteiger partial charge in [0.25, 0.3) is 0 Å². The monoisotopic (exact) mass is 309 g/mol. The zero-order valence-electron chi connectivity index (χ0n) is 14.1. The van der Waals surface area contributed by atoms with Crippen molar-refractivity contribution in [3.8, 4) is 0 Å². The van der Waals surface area contributed by atoms with Gasteiger partial charge in [0, 0.05) is 45.1 Å². The van der Waals surface area contributed by atoms with Gasteiger partial charge in [0.1, 0.15) is 0 Å². The number of nitrogens with one attached hydrogen (secondary N) is 1. The Labute approximate surface area is 134 Å². The van der Waals surface area contributed by atoms with E-state index in [4.69, 9.17) is 0 Å². The highest BCUT2D eigenvalue weighted by molar-refractivity contribution is 5.80. The van der Waals surface area contributed by atoms with Gasteiger partial charge in [-0.25, -0.2) is 0 Å². The summed E-state index contributed by atoms with van der Waals surface area (Å²) >= 11 is 0. The maximum Gasteiger partial charge on any atom is 0.226 e. The van der Waals surface area contributed by atoms with Crippen molar-refractivity contribution in [2.45, 2.75) is 45.4 Å². The number of carbonyl (C=O) groups excluding carboxylic acids is 2. The van der Waals surface area contributed by atoms with Gasteiger partial charge in [-0.15, -0.1) is 0 Å². The molecule has 0 aromatic heterocycles. The zero-order chi connectivity index (χ0) is 15.9. The van der Waals surface area contributed by atoms with Crippen LogP contribution in [0, 0.1) is 11.8 Å². The Morgan fingerprint density at radius 2 is 1.64 bits per heavy atom. The summed E-state index contributed by atoms with van der Waals surface area (Å²) in [6, 6.07) is 0. The lowest BCUT2D eigenvalue weighted by Crippen LogP contribution is -2.52. The molecule has 0 aromatic carbocycles. The smallest absolute Gasteiger partial charge is 0.226 e. The van der Waals surface area contributed by atoms with Gasteiger partial charge in [-0.3, -0.25) is 9.59 Å². The Morgan fingerprint density at radius 1 is 1.05 bits per heavy atom. The third-order valence-corrected chi connectivity index (χ3v) is 5.06. The SMILES string of the molecule is CNCC(C)C(=O)N1CCN(C(=O)CC2CCCCC2)CC1. The molecular weight excluding hydrogens is 278 g/mol. The molecule has 2 rings (SSSR count). The number of hydrogen-bond donors (Lipinski definition) is 1. The summed E-state index contributed by atoms with van der Waals surface area (Å²) < 4.78 is 0. The molecule has 1 unspecified atom stereocenters. The number of rotatable bonds is 5. The molecule has 22 heavy (non-hydrogen) atoms. The van der Waals surface area contributed by atoms with Crippen molar-refractivity contribution in [1.82, 2.24) is 15.1 Å². The van der Waals surface area contributed by atoms with E-state index >= 15 is 0 Å². The summed E-state index contributed by atoms with van der Waals surface area (Å²) in [6.07, 6.45) is 7.03. The van der Waals surface area contributed by atoms with Crippen LogP contribution in [0.25, 0.3) is 0 Å². The predicted octanol–water partition coefficient (Wildman–Crippen LogP) is 1.48. The van der Waals surface area contributed by atoms with Crippen molar-refractivity contribution in [2.75, 3.05) is 39.8 Å². The molecule has 2 fully saturated rings. The lowest BCUT2D eigenvalue weighted by molar-refractivity contribution is -0.142. The number of piperazine rings is 1. The maximum absolute atomic E-state index is 12.4. The van der Waals surface area contributed by atoms with Crippen molar-refractivity contribution in [2.24, 2.45) is 11.8 Å². The fraction of sp³-hybridized carbons (Fsp3) is 0.882. The Balaban J connectivity index is 1.74. The van der Waals surface area contributed by atoms with Crippen molar-refractivity contribution < 1.29 is 9.59 Å². The van der Waals surface area contributed by atoms with E-state index in [9.17, 15) is 9.59 Å². The molecule has 2 amide bonds. The summed E-state index contributed by atoms with van der Waals surface area (Å²) in [4.78, 5) is 28.5. The van der Waals surface area contributed by atoms with E-state index in [1.54, 1.807) is 0 Å². The minimum atomic E-state index is 0.00879. The molecule has 126 valence electrons. The fourth-order valence-corrected chi connectivity index (χ4v) is 3.65. The lowest BCUT2D eigenvalue weighted by Gasteiger charge is -2.36. The highest BCUT2D eigenvalue weighted by atomic mass is 16.2. The summed E-state index contributed by atoms with van der Waals surface area (Å²) in [7, 11) is 1.87. The van der Waals surface area contributed by atoms with Crippen LogP contribution in [0.5, 0.6) is 0 Å². The van der Waals surface area contributed by atoms with E-state index in [1.807, 2.05) is 23.8 Å². The summed E-state index contributed by atoms with van der Waals surface area (Å²) in [5.41, 5.74) is 0. The van der Waals surface area contributed by atoms with Gasteiger partial charge < -0.3 is 15.1 Å². The minimum Gasteiger partial charge on any atom is -0.339 e. The molecule has 1 heterocycles. The van der Waals surface area contributed by atoms with Gasteiger partial charge in [-0.1, -0.05) is 26.2 Å². The van der Waals surface area contributed by atoms with Gasteiger partial charge in [-0.2, -0.15) is 0 Å². The van der Waals surface area contributed by atoms with Crippen molar-refractivity contribution in [3.63, 3.8) is 0 Å². The van der Waals surface area contributed by atoms with Crippen LogP contribution in [0.1, 0.15) is 45.4 Å². The van der Waals surface area contributed by atoms with Gasteiger partial charge >= 0.3 is 0 Å². The molecule has 5 nitrogen and oxygen atoms in total. The molecule has 0 bridgehead atoms. The van der Waals surface area contributed by atoms with Gasteiger partial charge in [-0.05, 0) is 25.8 Å². The average Bonchev–Trinajstić information content (AvgIpc) is 2.55. The van der Waals surface area contributed by atoms with Crippen molar-refractivity contribution in [3.05, 3.63) is 0 Å². The first-order chi connectivity index (χ1) is 10.6. The van der Waals surface area contributed by atoms with E-state index in [1.165, 1.54) is 32.1 Å². The van der Waals surface area contributed by atoms with Crippen LogP contribution in [0.3, 0.4) is 0 Å². The lowest BCUT2D eigenvalue weighted by atomic mass is 9.86. The van der Waals surface area contributed by atoms with E-state index in [0.29, 0.717) is 51.0 Å². The summed E-state index contributed by atoms with van der Waals surface area (Å²) in [5.74, 6) is 1.10. The molecule has 0 radical (unpaired) electrons. The third kappa shape index (κ3) is 4.70. The van der Waals surface area contributed by atoms with Crippen LogP contribution in [0.2, 0.25) is 0 Å². The molecule has 1 atom stereocenters. The van der Waals surface area contributed by atoms with Gasteiger partial charge in [0.15, 0.2) is 0 Å². The first kappa shape index (κ1) is 17.3. The Hall–Kier alpha value is -1.10. The van der Waals surface area contributed by atoms with Crippen molar-refractivity contribution >= 4 is 11.8 Å². The molecule has 2 aliphatic rings. The highest BCUT2D eigenvalue weighted by Gasteiger charge is 2.27. The molecule has 1 N–H and O–H groups in total. The number of nitrogens with zero attached hydrogens (tertiary/aromatic N) is 2. The maximum atomic E-state index is 12.4. The van der Waals surface area contributed by atoms with Crippen LogP contribution >= 0.6 is 0 Å². The van der Waals surface area contributed by atoms with Gasteiger partial charge in [0.2, 0.25) is 11.8 Å². The molecule has 1 aliphatic heterocycles. The van der Waals surface area contributed by atoms with Crippen molar-refractivity contribution in [1.29, 1.82) is 0 Å². The molecule has 1 saturated heterocycles. The molecular formula is C17H31N3O2. The fourth-order valence-electron chi connectivity index (χ4n) is 3.65. The normalized spacial score (nSPS) is 21.7. The second-order valence-corrected chi connectivity index (χ2v) is 6.87. The zero-order valence-corrected chi connectivity index (χ0v) is 14.1. The van der Waals surface area contributed by atoms with E-state index < -0.39 is 0 Å². The van der Waals surface area contributed by atoms with Gasteiger partial charge in [0.05, 0.1) is 0 Å². The van der Waals surface area contributed by atoms with E-state index in [-0.39, 0.29) is 11.8 Å². The molecule has 5 heteroatoms. The highest BCUT2D eigenvalue weighted by Crippen LogP contribution is 2.27. The van der Waals surface area contributed by atoms with Crippen LogP contribution in [0.15, 0.2) is 0 Å². The van der Waals surface area contributed by atoms with Crippen LogP contribution in [-0.4, -0.2) is 61.4 Å². The average molecular weight is 309 g/mol. The van der Waals surface area contributed by atoms with Crippen LogP contribution in [0.4, 0.5) is 0 Å². The van der Waals surface area contributed by atoms with Crippen LogP contribution < -0.4 is 5.32 Å². The van der Waals surface area contributed by atoms with E-state index in [0.717, 1.165) is 0 Å². The Morgan fingerprint density at radius 3 is 2.23 bits per heavy atom. The Kier molecular flexibility index (Phi) is 6.68. The molecule has 0 aromatic rings. The topological polar surface area (TPSA) is 52.7 Å². The van der Waals surface area contributed by atoms with Crippen LogP contribution in [-0.2, 0) is 9.59 Å². The first-order valence-corrected chi connectivity index (χ1v) is 8.83. The first-order valence-electron chi connectivity index (χ1n) is 8.83. The second kappa shape index (κ2) is 8.51. The second-order valence-electron chi connectivity index (χ2n) is 6.87. The minimum absolute atomic E-state index is 0.00879. The summed E-state index contributed by atoms with van der Waals surface area (Å²) in [5, 5.41) is 3.05. The van der Waals surface area contributed by atoms with E-state index in [2.05, 4.69) is 5.32 Å². The molecule has 0 spiro atoms.